The molecule has 0 radical (unpaired) electrons. The number of fused-ring (bicyclic) bond motifs is 2. The van der Waals surface area contributed by atoms with E-state index in [4.69, 9.17) is 18.9 Å². The van der Waals surface area contributed by atoms with E-state index in [2.05, 4.69) is 33.6 Å². The van der Waals surface area contributed by atoms with Gasteiger partial charge in [0.15, 0.2) is 23.0 Å². The summed E-state index contributed by atoms with van der Waals surface area (Å²) in [5.74, 6) is 1.29. The number of rotatable bonds is 11. The fourth-order valence-corrected chi connectivity index (χ4v) is 5.41. The van der Waals surface area contributed by atoms with Crippen molar-refractivity contribution in [2.75, 3.05) is 48.1 Å². The average molecular weight is 547 g/mol. The molecular weight excluding hydrogens is 512 g/mol. The van der Waals surface area contributed by atoms with Gasteiger partial charge < -0.3 is 33.4 Å². The number of nitrogens with zero attached hydrogens (tertiary/aromatic N) is 2. The van der Waals surface area contributed by atoms with E-state index in [1.54, 1.807) is 34.6 Å². The zero-order valence-electron chi connectivity index (χ0n) is 23.6. The molecule has 0 saturated carbocycles. The van der Waals surface area contributed by atoms with Gasteiger partial charge in [-0.15, -0.1) is 0 Å². The van der Waals surface area contributed by atoms with Crippen LogP contribution in [-0.2, 0) is 16.1 Å². The van der Waals surface area contributed by atoms with Gasteiger partial charge in [-0.05, 0) is 25.2 Å². The number of aromatic nitrogens is 2. The van der Waals surface area contributed by atoms with Gasteiger partial charge in [-0.25, -0.2) is 0 Å². The maximum atomic E-state index is 13.4. The van der Waals surface area contributed by atoms with Crippen LogP contribution in [0.2, 0.25) is 0 Å². The molecule has 2 aromatic heterocycles. The first-order chi connectivity index (χ1) is 19.4. The summed E-state index contributed by atoms with van der Waals surface area (Å²) in [6.45, 7) is 7.64. The lowest BCUT2D eigenvalue weighted by Gasteiger charge is -2.18. The molecule has 210 valence electrons. The van der Waals surface area contributed by atoms with Crippen molar-refractivity contribution in [2.45, 2.75) is 20.4 Å². The van der Waals surface area contributed by atoms with E-state index in [0.717, 1.165) is 41.4 Å². The Labute approximate surface area is 232 Å². The first-order valence-corrected chi connectivity index (χ1v) is 13.2. The summed E-state index contributed by atoms with van der Waals surface area (Å²) in [4.78, 5) is 32.3. The van der Waals surface area contributed by atoms with Crippen LogP contribution in [0.5, 0.6) is 23.0 Å². The SMILES string of the molecule is CCN(CC)CCn1cc(C2=C(c3c[nH]c4cc(OC)c(OC)cc34)C(=O)NC2=O)c2cc(OC)c(OC)cc21. The highest BCUT2D eigenvalue weighted by Crippen LogP contribution is 2.43. The molecule has 0 unspecified atom stereocenters. The number of methoxy groups -OCH3 is 4. The predicted octanol–water partition coefficient (Wildman–Crippen LogP) is 4.07. The first-order valence-electron chi connectivity index (χ1n) is 13.2. The Hall–Kier alpha value is -4.44. The van der Waals surface area contributed by atoms with Crippen LogP contribution in [0, 0.1) is 0 Å². The summed E-state index contributed by atoms with van der Waals surface area (Å²) in [7, 11) is 6.29. The highest BCUT2D eigenvalue weighted by Gasteiger charge is 2.35. The molecule has 0 bridgehead atoms. The van der Waals surface area contributed by atoms with E-state index < -0.39 is 11.8 Å². The number of aromatic amines is 1. The van der Waals surface area contributed by atoms with Gasteiger partial charge in [0.1, 0.15) is 0 Å². The number of ether oxygens (including phenoxy) is 4. The summed E-state index contributed by atoms with van der Waals surface area (Å²) < 4.78 is 24.2. The third-order valence-electron chi connectivity index (χ3n) is 7.59. The minimum Gasteiger partial charge on any atom is -0.493 e. The van der Waals surface area contributed by atoms with Crippen LogP contribution >= 0.6 is 0 Å². The van der Waals surface area contributed by atoms with Gasteiger partial charge in [0, 0.05) is 65.0 Å². The Morgan fingerprint density at radius 3 is 1.90 bits per heavy atom. The molecule has 5 rings (SSSR count). The molecule has 0 atom stereocenters. The third-order valence-corrected chi connectivity index (χ3v) is 7.59. The van der Waals surface area contributed by atoms with Crippen molar-refractivity contribution in [1.82, 2.24) is 19.8 Å². The molecule has 3 heterocycles. The van der Waals surface area contributed by atoms with Crippen LogP contribution in [0.15, 0.2) is 36.7 Å². The Balaban J connectivity index is 1.76. The highest BCUT2D eigenvalue weighted by atomic mass is 16.5. The molecule has 2 N–H and O–H groups in total. The minimum atomic E-state index is -0.458. The maximum absolute atomic E-state index is 13.4. The van der Waals surface area contributed by atoms with Crippen LogP contribution in [0.3, 0.4) is 0 Å². The van der Waals surface area contributed by atoms with Gasteiger partial charge in [-0.2, -0.15) is 0 Å². The maximum Gasteiger partial charge on any atom is 0.259 e. The predicted molar refractivity (Wildman–Crippen MR) is 154 cm³/mol. The standard InChI is InChI=1S/C30H34N4O6/c1-7-33(8-2)9-10-34-16-20(18-12-24(38-4)26(40-6)14-22(18)34)28-27(29(35)32-30(28)36)19-15-31-21-13-25(39-5)23(37-3)11-17(19)21/h11-16,31H,7-10H2,1-6H3,(H,32,35,36). The molecule has 10 heteroatoms. The van der Waals surface area contributed by atoms with Crippen molar-refractivity contribution in [1.29, 1.82) is 0 Å². The number of carbonyl (C=O) groups is 2. The molecular formula is C30H34N4O6. The average Bonchev–Trinajstić information content (AvgIpc) is 3.63. The zero-order chi connectivity index (χ0) is 28.6. The fraction of sp³-hybridized carbons (Fsp3) is 0.333. The molecule has 1 aliphatic rings. The van der Waals surface area contributed by atoms with Gasteiger partial charge in [-0.3, -0.25) is 14.9 Å². The monoisotopic (exact) mass is 546 g/mol. The lowest BCUT2D eigenvalue weighted by molar-refractivity contribution is -0.122. The molecule has 0 fully saturated rings. The van der Waals surface area contributed by atoms with E-state index in [0.29, 0.717) is 51.8 Å². The molecule has 0 saturated heterocycles. The number of hydrogen-bond acceptors (Lipinski definition) is 7. The van der Waals surface area contributed by atoms with E-state index in [9.17, 15) is 9.59 Å². The molecule has 0 spiro atoms. The number of likely N-dealkylation sites (N-methyl/N-ethyl adjacent to an activating group) is 1. The van der Waals surface area contributed by atoms with Gasteiger partial charge >= 0.3 is 0 Å². The van der Waals surface area contributed by atoms with Gasteiger partial charge in [0.25, 0.3) is 11.8 Å². The smallest absolute Gasteiger partial charge is 0.259 e. The molecule has 40 heavy (non-hydrogen) atoms. The van der Waals surface area contributed by atoms with Gasteiger partial charge in [0.2, 0.25) is 0 Å². The summed E-state index contributed by atoms with van der Waals surface area (Å²) in [6.07, 6.45) is 3.68. The number of carbonyl (C=O) groups excluding carboxylic acids is 2. The Bertz CT molecular complexity index is 1640. The van der Waals surface area contributed by atoms with Crippen LogP contribution in [0.4, 0.5) is 0 Å². The quantitative estimate of drug-likeness (QED) is 0.273. The lowest BCUT2D eigenvalue weighted by atomic mass is 9.95. The van der Waals surface area contributed by atoms with Crippen molar-refractivity contribution in [3.63, 3.8) is 0 Å². The summed E-state index contributed by atoms with van der Waals surface area (Å²) in [5.41, 5.74) is 3.46. The van der Waals surface area contributed by atoms with E-state index in [1.807, 2.05) is 30.5 Å². The fourth-order valence-electron chi connectivity index (χ4n) is 5.41. The van der Waals surface area contributed by atoms with Crippen LogP contribution in [0.1, 0.15) is 25.0 Å². The van der Waals surface area contributed by atoms with E-state index in [-0.39, 0.29) is 0 Å². The summed E-state index contributed by atoms with van der Waals surface area (Å²) in [6, 6.07) is 7.39. The summed E-state index contributed by atoms with van der Waals surface area (Å²) >= 11 is 0. The zero-order valence-corrected chi connectivity index (χ0v) is 23.6. The molecule has 2 amide bonds. The summed E-state index contributed by atoms with van der Waals surface area (Å²) in [5, 5.41) is 4.04. The van der Waals surface area contributed by atoms with Crippen molar-refractivity contribution in [3.05, 3.63) is 47.8 Å². The number of H-pyrrole nitrogens is 1. The van der Waals surface area contributed by atoms with Crippen molar-refractivity contribution in [3.8, 4) is 23.0 Å². The van der Waals surface area contributed by atoms with Gasteiger partial charge in [0.05, 0.1) is 45.1 Å². The molecule has 1 aliphatic heterocycles. The highest BCUT2D eigenvalue weighted by molar-refractivity contribution is 6.50. The number of amides is 2. The molecule has 2 aromatic carbocycles. The minimum absolute atomic E-state index is 0.293. The van der Waals surface area contributed by atoms with Crippen LogP contribution in [0.25, 0.3) is 33.0 Å². The topological polar surface area (TPSA) is 107 Å². The third kappa shape index (κ3) is 4.44. The van der Waals surface area contributed by atoms with Gasteiger partial charge in [-0.1, -0.05) is 13.8 Å². The molecule has 4 aromatic rings. The molecule has 0 aliphatic carbocycles. The van der Waals surface area contributed by atoms with Crippen molar-refractivity contribution >= 4 is 44.8 Å². The lowest BCUT2D eigenvalue weighted by Crippen LogP contribution is -2.26. The second kappa shape index (κ2) is 11.0. The second-order valence-corrected chi connectivity index (χ2v) is 9.48. The normalized spacial score (nSPS) is 13.6. The number of benzene rings is 2. The van der Waals surface area contributed by atoms with Crippen LogP contribution < -0.4 is 24.3 Å². The second-order valence-electron chi connectivity index (χ2n) is 9.48. The van der Waals surface area contributed by atoms with E-state index >= 15 is 0 Å². The van der Waals surface area contributed by atoms with Crippen molar-refractivity contribution < 1.29 is 28.5 Å². The molecule has 10 nitrogen and oxygen atoms in total. The van der Waals surface area contributed by atoms with Crippen molar-refractivity contribution in [2.24, 2.45) is 0 Å². The number of imide groups is 1. The Kier molecular flexibility index (Phi) is 7.44. The Morgan fingerprint density at radius 2 is 1.30 bits per heavy atom. The first kappa shape index (κ1) is 27.1. The number of hydrogen-bond donors (Lipinski definition) is 2. The van der Waals surface area contributed by atoms with Crippen LogP contribution in [-0.4, -0.2) is 74.3 Å². The largest absolute Gasteiger partial charge is 0.493 e. The Morgan fingerprint density at radius 1 is 0.750 bits per heavy atom. The van der Waals surface area contributed by atoms with E-state index in [1.165, 1.54) is 0 Å². The number of nitrogens with one attached hydrogen (secondary N) is 2.